The highest BCUT2D eigenvalue weighted by atomic mass is 35.5. The highest BCUT2D eigenvalue weighted by Crippen LogP contribution is 2.22. The third-order valence-electron chi connectivity index (χ3n) is 2.36. The molecule has 1 aromatic carbocycles. The number of rotatable bonds is 4. The fourth-order valence-electron chi connectivity index (χ4n) is 1.52. The number of halogens is 1. The molecule has 0 aliphatic rings. The van der Waals surface area contributed by atoms with Crippen LogP contribution >= 0.6 is 11.6 Å². The fourth-order valence-corrected chi connectivity index (χ4v) is 1.69. The van der Waals surface area contributed by atoms with E-state index in [-0.39, 0.29) is 17.7 Å². The summed E-state index contributed by atoms with van der Waals surface area (Å²) in [5.74, 6) is 0.418. The predicted octanol–water partition coefficient (Wildman–Crippen LogP) is 2.18. The number of nitrogens with zero attached hydrogens (tertiary/aromatic N) is 2. The molecule has 0 atom stereocenters. The lowest BCUT2D eigenvalue weighted by atomic mass is 10.3. The maximum Gasteiger partial charge on any atom is 0.244 e. The number of methoxy groups -OCH3 is 1. The number of carbonyl (C=O) groups is 1. The lowest BCUT2D eigenvalue weighted by Gasteiger charge is -2.10. The van der Waals surface area contributed by atoms with Crippen molar-refractivity contribution in [2.45, 2.75) is 6.54 Å². The van der Waals surface area contributed by atoms with Crippen LogP contribution in [0.5, 0.6) is 5.75 Å². The summed E-state index contributed by atoms with van der Waals surface area (Å²) in [5, 5.41) is 3.04. The van der Waals surface area contributed by atoms with Gasteiger partial charge in [0.25, 0.3) is 0 Å². The van der Waals surface area contributed by atoms with Crippen LogP contribution in [0.1, 0.15) is 0 Å². The Morgan fingerprint density at radius 2 is 2.28 bits per heavy atom. The number of amides is 1. The van der Waals surface area contributed by atoms with Crippen molar-refractivity contribution < 1.29 is 9.53 Å². The van der Waals surface area contributed by atoms with Crippen LogP contribution in [0.3, 0.4) is 0 Å². The molecular formula is C12H12ClN3O2. The zero-order valence-corrected chi connectivity index (χ0v) is 10.5. The maximum atomic E-state index is 11.8. The van der Waals surface area contributed by atoms with Gasteiger partial charge in [-0.2, -0.15) is 0 Å². The van der Waals surface area contributed by atoms with Crippen LogP contribution in [-0.2, 0) is 11.3 Å². The molecule has 0 unspecified atom stereocenters. The van der Waals surface area contributed by atoms with Crippen molar-refractivity contribution in [1.29, 1.82) is 0 Å². The highest BCUT2D eigenvalue weighted by molar-refractivity contribution is 6.28. The molecule has 1 amide bonds. The molecule has 6 heteroatoms. The Balaban J connectivity index is 2.05. The summed E-state index contributed by atoms with van der Waals surface area (Å²) in [6, 6.07) is 7.20. The Bertz CT molecular complexity index is 554. The SMILES string of the molecule is COc1ccccc1NC(=O)Cn1ccnc1Cl. The van der Waals surface area contributed by atoms with Gasteiger partial charge in [-0.15, -0.1) is 0 Å². The molecule has 2 rings (SSSR count). The zero-order chi connectivity index (χ0) is 13.0. The summed E-state index contributed by atoms with van der Waals surface area (Å²) in [6.07, 6.45) is 3.18. The minimum Gasteiger partial charge on any atom is -0.495 e. The van der Waals surface area contributed by atoms with E-state index in [4.69, 9.17) is 16.3 Å². The van der Waals surface area contributed by atoms with Crippen LogP contribution in [0.2, 0.25) is 5.28 Å². The number of imidazole rings is 1. The van der Waals surface area contributed by atoms with E-state index >= 15 is 0 Å². The second kappa shape index (κ2) is 5.55. The summed E-state index contributed by atoms with van der Waals surface area (Å²) < 4.78 is 6.69. The molecule has 5 nitrogen and oxygen atoms in total. The summed E-state index contributed by atoms with van der Waals surface area (Å²) >= 11 is 5.79. The fraction of sp³-hybridized carbons (Fsp3) is 0.167. The molecule has 1 aromatic heterocycles. The summed E-state index contributed by atoms with van der Waals surface area (Å²) in [7, 11) is 1.55. The van der Waals surface area contributed by atoms with E-state index in [0.717, 1.165) is 0 Å². The third kappa shape index (κ3) is 2.81. The summed E-state index contributed by atoms with van der Waals surface area (Å²) in [4.78, 5) is 15.7. The standard InChI is InChI=1S/C12H12ClN3O2/c1-18-10-5-3-2-4-9(10)15-11(17)8-16-7-6-14-12(16)13/h2-7H,8H2,1H3,(H,15,17). The van der Waals surface area contributed by atoms with Crippen molar-refractivity contribution in [1.82, 2.24) is 9.55 Å². The lowest BCUT2D eigenvalue weighted by molar-refractivity contribution is -0.116. The Kier molecular flexibility index (Phi) is 3.84. The molecule has 0 spiro atoms. The molecule has 1 heterocycles. The first-order chi connectivity index (χ1) is 8.70. The van der Waals surface area contributed by atoms with E-state index in [1.165, 1.54) is 0 Å². The maximum absolute atomic E-state index is 11.8. The first-order valence-corrected chi connectivity index (χ1v) is 5.68. The average molecular weight is 266 g/mol. The van der Waals surface area contributed by atoms with E-state index in [9.17, 15) is 4.79 Å². The van der Waals surface area contributed by atoms with Crippen LogP contribution in [0.15, 0.2) is 36.7 Å². The van der Waals surface area contributed by atoms with E-state index in [1.807, 2.05) is 12.1 Å². The molecule has 0 saturated carbocycles. The number of para-hydroxylation sites is 2. The normalized spacial score (nSPS) is 10.1. The van der Waals surface area contributed by atoms with E-state index in [0.29, 0.717) is 11.4 Å². The van der Waals surface area contributed by atoms with Gasteiger partial charge in [0.1, 0.15) is 12.3 Å². The monoisotopic (exact) mass is 265 g/mol. The first-order valence-electron chi connectivity index (χ1n) is 5.30. The van der Waals surface area contributed by atoms with Crippen LogP contribution in [0.4, 0.5) is 5.69 Å². The van der Waals surface area contributed by atoms with Crippen molar-refractivity contribution >= 4 is 23.2 Å². The number of hydrogen-bond donors (Lipinski definition) is 1. The van der Waals surface area contributed by atoms with E-state index in [2.05, 4.69) is 10.3 Å². The second-order valence-corrected chi connectivity index (χ2v) is 3.91. The van der Waals surface area contributed by atoms with Gasteiger partial charge in [0.05, 0.1) is 12.8 Å². The van der Waals surface area contributed by atoms with Crippen molar-refractivity contribution in [2.24, 2.45) is 0 Å². The van der Waals surface area contributed by atoms with E-state index in [1.54, 1.807) is 36.2 Å². The zero-order valence-electron chi connectivity index (χ0n) is 9.76. The van der Waals surface area contributed by atoms with Crippen molar-refractivity contribution in [3.05, 3.63) is 41.9 Å². The van der Waals surface area contributed by atoms with Gasteiger partial charge < -0.3 is 14.6 Å². The molecule has 0 bridgehead atoms. The second-order valence-electron chi connectivity index (χ2n) is 3.57. The first kappa shape index (κ1) is 12.4. The Labute approximate surface area is 109 Å². The number of carbonyl (C=O) groups excluding carboxylic acids is 1. The highest BCUT2D eigenvalue weighted by Gasteiger charge is 2.09. The molecular weight excluding hydrogens is 254 g/mol. The summed E-state index contributed by atoms with van der Waals surface area (Å²) in [6.45, 7) is 0.108. The van der Waals surface area contributed by atoms with Crippen molar-refractivity contribution in [3.8, 4) is 5.75 Å². The predicted molar refractivity (Wildman–Crippen MR) is 68.9 cm³/mol. The smallest absolute Gasteiger partial charge is 0.244 e. The topological polar surface area (TPSA) is 56.1 Å². The van der Waals surface area contributed by atoms with Crippen LogP contribution < -0.4 is 10.1 Å². The van der Waals surface area contributed by atoms with Crippen LogP contribution in [-0.4, -0.2) is 22.6 Å². The Morgan fingerprint density at radius 1 is 1.50 bits per heavy atom. The molecule has 0 fully saturated rings. The number of anilines is 1. The lowest BCUT2D eigenvalue weighted by Crippen LogP contribution is -2.18. The van der Waals surface area contributed by atoms with Crippen molar-refractivity contribution in [3.63, 3.8) is 0 Å². The molecule has 0 saturated heterocycles. The molecule has 0 radical (unpaired) electrons. The van der Waals surface area contributed by atoms with E-state index < -0.39 is 0 Å². The average Bonchev–Trinajstić information content (AvgIpc) is 2.75. The Hall–Kier alpha value is -2.01. The van der Waals surface area contributed by atoms with Crippen LogP contribution in [0.25, 0.3) is 0 Å². The minimum atomic E-state index is -0.195. The molecule has 0 aliphatic heterocycles. The van der Waals surface area contributed by atoms with Gasteiger partial charge in [-0.25, -0.2) is 4.98 Å². The van der Waals surface area contributed by atoms with Crippen molar-refractivity contribution in [2.75, 3.05) is 12.4 Å². The van der Waals surface area contributed by atoms with Gasteiger partial charge in [0.15, 0.2) is 0 Å². The number of aromatic nitrogens is 2. The molecule has 94 valence electrons. The quantitative estimate of drug-likeness (QED) is 0.922. The van der Waals surface area contributed by atoms with Gasteiger partial charge >= 0.3 is 0 Å². The number of benzene rings is 1. The van der Waals surface area contributed by atoms with Crippen LogP contribution in [0, 0.1) is 0 Å². The van der Waals surface area contributed by atoms with Gasteiger partial charge in [-0.05, 0) is 23.7 Å². The molecule has 1 N–H and O–H groups in total. The molecule has 18 heavy (non-hydrogen) atoms. The Morgan fingerprint density at radius 3 is 2.94 bits per heavy atom. The van der Waals surface area contributed by atoms with Gasteiger partial charge in [0.2, 0.25) is 11.2 Å². The third-order valence-corrected chi connectivity index (χ3v) is 2.67. The van der Waals surface area contributed by atoms with Gasteiger partial charge in [-0.3, -0.25) is 4.79 Å². The molecule has 0 aliphatic carbocycles. The van der Waals surface area contributed by atoms with Gasteiger partial charge in [-0.1, -0.05) is 12.1 Å². The summed E-state index contributed by atoms with van der Waals surface area (Å²) in [5.41, 5.74) is 0.626. The van der Waals surface area contributed by atoms with Gasteiger partial charge in [0, 0.05) is 12.4 Å². The number of nitrogens with one attached hydrogen (secondary N) is 1. The largest absolute Gasteiger partial charge is 0.495 e. The number of ether oxygens (including phenoxy) is 1. The number of hydrogen-bond acceptors (Lipinski definition) is 3. The minimum absolute atomic E-state index is 0.108. The molecule has 2 aromatic rings.